The second-order valence-corrected chi connectivity index (χ2v) is 4.74. The first kappa shape index (κ1) is 15.4. The van der Waals surface area contributed by atoms with Crippen molar-refractivity contribution in [3.8, 4) is 0 Å². The van der Waals surface area contributed by atoms with Crippen LogP contribution >= 0.6 is 0 Å². The minimum atomic E-state index is -1.11. The lowest BCUT2D eigenvalue weighted by Gasteiger charge is -2.29. The molecule has 6 nitrogen and oxygen atoms in total. The number of hydrogen-bond acceptors (Lipinski definition) is 4. The lowest BCUT2D eigenvalue weighted by Crippen LogP contribution is -2.54. The molecular formula is C13H20N2O4. The molecule has 19 heavy (non-hydrogen) atoms. The maximum absolute atomic E-state index is 12.1. The summed E-state index contributed by atoms with van der Waals surface area (Å²) in [5, 5.41) is 21.1. The van der Waals surface area contributed by atoms with Gasteiger partial charge in [-0.3, -0.25) is 9.59 Å². The summed E-state index contributed by atoms with van der Waals surface area (Å²) in [6.07, 6.45) is 0.356. The topological polar surface area (TPSA) is 102 Å². The second kappa shape index (κ2) is 5.99. The van der Waals surface area contributed by atoms with E-state index in [0.29, 0.717) is 17.7 Å². The summed E-state index contributed by atoms with van der Waals surface area (Å²) in [6.45, 7) is 4.35. The van der Waals surface area contributed by atoms with Crippen molar-refractivity contribution in [1.29, 1.82) is 0 Å². The van der Waals surface area contributed by atoms with Crippen LogP contribution in [0.25, 0.3) is 0 Å². The van der Waals surface area contributed by atoms with Crippen LogP contribution in [0.2, 0.25) is 0 Å². The molecule has 0 bridgehead atoms. The number of aryl methyl sites for hydroxylation is 2. The molecule has 0 aromatic carbocycles. The number of aromatic amines is 1. The maximum Gasteiger partial charge on any atom is 0.261 e. The standard InChI is InChI=1S/C13H20N2O4/c1-4-13(6-16,7-17)15-12(19)10-8(2)5-9(3)14-11(10)18/h5,16-17H,4,6-7H2,1-3H3,(H,14,18)(H,15,19). The Morgan fingerprint density at radius 2 is 1.95 bits per heavy atom. The fraction of sp³-hybridized carbons (Fsp3) is 0.538. The van der Waals surface area contributed by atoms with E-state index in [-0.39, 0.29) is 5.56 Å². The third-order valence-electron chi connectivity index (χ3n) is 3.25. The van der Waals surface area contributed by atoms with Gasteiger partial charge in [0.2, 0.25) is 0 Å². The first-order valence-electron chi connectivity index (χ1n) is 6.14. The number of hydrogen-bond donors (Lipinski definition) is 4. The number of aliphatic hydroxyl groups is 2. The third kappa shape index (κ3) is 3.21. The zero-order chi connectivity index (χ0) is 14.6. The molecule has 1 aromatic rings. The molecule has 6 heteroatoms. The van der Waals surface area contributed by atoms with Crippen molar-refractivity contribution in [2.24, 2.45) is 0 Å². The van der Waals surface area contributed by atoms with Gasteiger partial charge in [-0.1, -0.05) is 6.92 Å². The predicted octanol–water partition coefficient (Wildman–Crippen LogP) is -0.145. The molecule has 0 saturated heterocycles. The molecule has 4 N–H and O–H groups in total. The minimum Gasteiger partial charge on any atom is -0.394 e. The number of aromatic nitrogens is 1. The lowest BCUT2D eigenvalue weighted by molar-refractivity contribution is 0.0651. The zero-order valence-electron chi connectivity index (χ0n) is 11.4. The van der Waals surface area contributed by atoms with Crippen molar-refractivity contribution in [2.75, 3.05) is 13.2 Å². The van der Waals surface area contributed by atoms with E-state index in [1.807, 2.05) is 0 Å². The van der Waals surface area contributed by atoms with E-state index in [1.54, 1.807) is 26.8 Å². The Balaban J connectivity index is 3.12. The van der Waals surface area contributed by atoms with Crippen molar-refractivity contribution >= 4 is 5.91 Å². The van der Waals surface area contributed by atoms with Gasteiger partial charge in [-0.25, -0.2) is 0 Å². The zero-order valence-corrected chi connectivity index (χ0v) is 11.4. The second-order valence-electron chi connectivity index (χ2n) is 4.74. The van der Waals surface area contributed by atoms with Crippen LogP contribution < -0.4 is 10.9 Å². The van der Waals surface area contributed by atoms with Crippen molar-refractivity contribution in [2.45, 2.75) is 32.7 Å². The fourth-order valence-corrected chi connectivity index (χ4v) is 1.88. The smallest absolute Gasteiger partial charge is 0.261 e. The van der Waals surface area contributed by atoms with Gasteiger partial charge in [-0.15, -0.1) is 0 Å². The van der Waals surface area contributed by atoms with Crippen LogP contribution in [0.4, 0.5) is 0 Å². The molecule has 0 radical (unpaired) electrons. The van der Waals surface area contributed by atoms with Crippen molar-refractivity contribution < 1.29 is 15.0 Å². The first-order valence-corrected chi connectivity index (χ1v) is 6.14. The Kier molecular flexibility index (Phi) is 4.85. The molecule has 0 atom stereocenters. The van der Waals surface area contributed by atoms with Gasteiger partial charge < -0.3 is 20.5 Å². The average Bonchev–Trinajstić information content (AvgIpc) is 2.35. The molecule has 1 rings (SSSR count). The van der Waals surface area contributed by atoms with Crippen LogP contribution in [0.1, 0.15) is 35.0 Å². The summed E-state index contributed by atoms with van der Waals surface area (Å²) in [6, 6.07) is 1.70. The number of carbonyl (C=O) groups excluding carboxylic acids is 1. The van der Waals surface area contributed by atoms with E-state index in [1.165, 1.54) is 0 Å². The van der Waals surface area contributed by atoms with Gasteiger partial charge in [0.15, 0.2) is 0 Å². The van der Waals surface area contributed by atoms with Crippen molar-refractivity contribution in [3.63, 3.8) is 0 Å². The summed E-state index contributed by atoms with van der Waals surface area (Å²) in [5.74, 6) is -0.594. The SMILES string of the molecule is CCC(CO)(CO)NC(=O)c1c(C)cc(C)[nH]c1=O. The molecule has 0 saturated carbocycles. The molecule has 0 spiro atoms. The molecule has 0 aliphatic heterocycles. The van der Waals surface area contributed by atoms with E-state index < -0.39 is 30.2 Å². The number of amides is 1. The van der Waals surface area contributed by atoms with Crippen LogP contribution in [0, 0.1) is 13.8 Å². The average molecular weight is 268 g/mol. The van der Waals surface area contributed by atoms with Gasteiger partial charge in [-0.05, 0) is 31.9 Å². The van der Waals surface area contributed by atoms with Gasteiger partial charge in [-0.2, -0.15) is 0 Å². The molecule has 0 aliphatic rings. The summed E-state index contributed by atoms with van der Waals surface area (Å²) in [5.41, 5.74) is -0.355. The first-order chi connectivity index (χ1) is 8.89. The Morgan fingerprint density at radius 3 is 2.37 bits per heavy atom. The normalized spacial score (nSPS) is 11.4. The van der Waals surface area contributed by atoms with Crippen LogP contribution in [-0.2, 0) is 0 Å². The van der Waals surface area contributed by atoms with E-state index in [9.17, 15) is 19.8 Å². The lowest BCUT2D eigenvalue weighted by atomic mass is 9.97. The molecule has 106 valence electrons. The van der Waals surface area contributed by atoms with Crippen LogP contribution in [-0.4, -0.2) is 39.9 Å². The van der Waals surface area contributed by atoms with Crippen molar-refractivity contribution in [1.82, 2.24) is 10.3 Å². The number of pyridine rings is 1. The molecule has 0 aliphatic carbocycles. The van der Waals surface area contributed by atoms with Crippen LogP contribution in [0.5, 0.6) is 0 Å². The van der Waals surface area contributed by atoms with Crippen LogP contribution in [0.3, 0.4) is 0 Å². The van der Waals surface area contributed by atoms with Gasteiger partial charge in [0.05, 0.1) is 18.8 Å². The number of carbonyl (C=O) groups is 1. The summed E-state index contributed by atoms with van der Waals surface area (Å²) < 4.78 is 0. The van der Waals surface area contributed by atoms with Gasteiger partial charge in [0, 0.05) is 5.69 Å². The monoisotopic (exact) mass is 268 g/mol. The van der Waals surface area contributed by atoms with Gasteiger partial charge in [0.1, 0.15) is 5.56 Å². The van der Waals surface area contributed by atoms with E-state index in [2.05, 4.69) is 10.3 Å². The molecular weight excluding hydrogens is 248 g/mol. The number of nitrogens with one attached hydrogen (secondary N) is 2. The van der Waals surface area contributed by atoms with E-state index >= 15 is 0 Å². The molecule has 1 amide bonds. The number of aliphatic hydroxyl groups excluding tert-OH is 2. The largest absolute Gasteiger partial charge is 0.394 e. The van der Waals surface area contributed by atoms with Crippen LogP contribution in [0.15, 0.2) is 10.9 Å². The molecule has 1 aromatic heterocycles. The fourth-order valence-electron chi connectivity index (χ4n) is 1.88. The molecule has 1 heterocycles. The highest BCUT2D eigenvalue weighted by atomic mass is 16.3. The van der Waals surface area contributed by atoms with E-state index in [0.717, 1.165) is 0 Å². The quantitative estimate of drug-likeness (QED) is 0.596. The Bertz CT molecular complexity index is 510. The van der Waals surface area contributed by atoms with Crippen molar-refractivity contribution in [3.05, 3.63) is 33.2 Å². The Hall–Kier alpha value is -1.66. The van der Waals surface area contributed by atoms with Gasteiger partial charge >= 0.3 is 0 Å². The van der Waals surface area contributed by atoms with E-state index in [4.69, 9.17) is 0 Å². The summed E-state index contributed by atoms with van der Waals surface area (Å²) in [4.78, 5) is 26.5. The highest BCUT2D eigenvalue weighted by Crippen LogP contribution is 2.11. The Morgan fingerprint density at radius 1 is 1.37 bits per heavy atom. The van der Waals surface area contributed by atoms with Gasteiger partial charge in [0.25, 0.3) is 11.5 Å². The highest BCUT2D eigenvalue weighted by Gasteiger charge is 2.30. The maximum atomic E-state index is 12.1. The number of rotatable bonds is 5. The molecule has 0 unspecified atom stereocenters. The predicted molar refractivity (Wildman–Crippen MR) is 71.2 cm³/mol. The Labute approximate surface area is 111 Å². The summed E-state index contributed by atoms with van der Waals surface area (Å²) in [7, 11) is 0. The summed E-state index contributed by atoms with van der Waals surface area (Å²) >= 11 is 0. The molecule has 0 fully saturated rings. The highest BCUT2D eigenvalue weighted by molar-refractivity contribution is 5.95. The third-order valence-corrected chi connectivity index (χ3v) is 3.25. The number of H-pyrrole nitrogens is 1. The minimum absolute atomic E-state index is 0.00493.